The van der Waals surface area contributed by atoms with Crippen molar-refractivity contribution in [1.82, 2.24) is 15.6 Å². The van der Waals surface area contributed by atoms with Crippen molar-refractivity contribution in [3.63, 3.8) is 0 Å². The van der Waals surface area contributed by atoms with Crippen LogP contribution in [0.5, 0.6) is 0 Å². The monoisotopic (exact) mass is 371 g/mol. The van der Waals surface area contributed by atoms with Crippen LogP contribution >= 0.6 is 11.8 Å². The second-order valence-corrected chi connectivity index (χ2v) is 7.42. The lowest BCUT2D eigenvalue weighted by Gasteiger charge is -2.17. The Morgan fingerprint density at radius 1 is 1.12 bits per heavy atom. The Hall–Kier alpha value is -2.34. The van der Waals surface area contributed by atoms with Gasteiger partial charge in [0.15, 0.2) is 0 Å². The number of rotatable bonds is 8. The van der Waals surface area contributed by atoms with E-state index >= 15 is 0 Å². The first kappa shape index (κ1) is 20.0. The molecule has 0 fully saturated rings. The van der Waals surface area contributed by atoms with Crippen molar-refractivity contribution >= 4 is 23.6 Å². The van der Waals surface area contributed by atoms with Gasteiger partial charge in [0.25, 0.3) is 0 Å². The molecule has 1 aromatic heterocycles. The molecule has 1 heterocycles. The lowest BCUT2D eigenvalue weighted by atomic mass is 10.0. The van der Waals surface area contributed by atoms with Gasteiger partial charge < -0.3 is 10.6 Å². The van der Waals surface area contributed by atoms with Crippen molar-refractivity contribution in [3.8, 4) is 0 Å². The number of aromatic nitrogens is 1. The first-order valence-electron chi connectivity index (χ1n) is 8.63. The molecule has 5 nitrogen and oxygen atoms in total. The van der Waals surface area contributed by atoms with E-state index in [-0.39, 0.29) is 11.8 Å². The standard InChI is InChI=1S/C20H25N3O2S/c1-14(2)16-7-9-18(10-8-16)26-13-19(23-15(3)24)20(25)22-12-17-6-4-5-11-21-17/h4-11,14,19H,12-13H2,1-3H3,(H,22,25)(H,23,24). The minimum absolute atomic E-state index is 0.211. The number of hydrogen-bond acceptors (Lipinski definition) is 4. The molecule has 2 aromatic rings. The number of nitrogens with one attached hydrogen (secondary N) is 2. The first-order valence-corrected chi connectivity index (χ1v) is 9.61. The van der Waals surface area contributed by atoms with Crippen LogP contribution in [-0.4, -0.2) is 28.6 Å². The summed E-state index contributed by atoms with van der Waals surface area (Å²) >= 11 is 1.55. The highest BCUT2D eigenvalue weighted by molar-refractivity contribution is 7.99. The van der Waals surface area contributed by atoms with E-state index in [4.69, 9.17) is 0 Å². The van der Waals surface area contributed by atoms with Gasteiger partial charge in [0.1, 0.15) is 6.04 Å². The molecule has 2 amide bonds. The Balaban J connectivity index is 1.93. The Bertz CT molecular complexity index is 718. The molecule has 0 saturated carbocycles. The first-order chi connectivity index (χ1) is 12.5. The Morgan fingerprint density at radius 3 is 2.42 bits per heavy atom. The van der Waals surface area contributed by atoms with Crippen LogP contribution < -0.4 is 10.6 Å². The Kier molecular flexibility index (Phi) is 7.66. The molecule has 26 heavy (non-hydrogen) atoms. The molecular formula is C20H25N3O2S. The molecular weight excluding hydrogens is 346 g/mol. The van der Waals surface area contributed by atoms with Gasteiger partial charge in [-0.05, 0) is 35.7 Å². The Labute approximate surface area is 159 Å². The van der Waals surface area contributed by atoms with E-state index in [1.807, 2.05) is 18.2 Å². The highest BCUT2D eigenvalue weighted by Crippen LogP contribution is 2.22. The molecule has 138 valence electrons. The fourth-order valence-electron chi connectivity index (χ4n) is 2.36. The van der Waals surface area contributed by atoms with Gasteiger partial charge >= 0.3 is 0 Å². The summed E-state index contributed by atoms with van der Waals surface area (Å²) in [4.78, 5) is 29.2. The third kappa shape index (κ3) is 6.52. The number of pyridine rings is 1. The van der Waals surface area contributed by atoms with Gasteiger partial charge in [0.2, 0.25) is 11.8 Å². The van der Waals surface area contributed by atoms with Gasteiger partial charge in [0.05, 0.1) is 12.2 Å². The SMILES string of the molecule is CC(=O)NC(CSc1ccc(C(C)C)cc1)C(=O)NCc1ccccn1. The zero-order chi connectivity index (χ0) is 18.9. The van der Waals surface area contributed by atoms with Crippen LogP contribution in [-0.2, 0) is 16.1 Å². The summed E-state index contributed by atoms with van der Waals surface area (Å²) in [5.74, 6) is 0.517. The summed E-state index contributed by atoms with van der Waals surface area (Å²) < 4.78 is 0. The van der Waals surface area contributed by atoms with Crippen LogP contribution in [0, 0.1) is 0 Å². The number of carbonyl (C=O) groups is 2. The average molecular weight is 372 g/mol. The molecule has 0 aliphatic carbocycles. The minimum atomic E-state index is -0.592. The maximum atomic E-state index is 12.4. The van der Waals surface area contributed by atoms with Crippen molar-refractivity contribution in [3.05, 3.63) is 59.9 Å². The van der Waals surface area contributed by atoms with Crippen molar-refractivity contribution in [2.45, 2.75) is 44.2 Å². The third-order valence-corrected chi connectivity index (χ3v) is 4.93. The fourth-order valence-corrected chi connectivity index (χ4v) is 3.28. The molecule has 0 aliphatic heterocycles. The van der Waals surface area contributed by atoms with Gasteiger partial charge in [-0.25, -0.2) is 0 Å². The summed E-state index contributed by atoms with van der Waals surface area (Å²) in [6.07, 6.45) is 1.68. The molecule has 2 rings (SSSR count). The maximum absolute atomic E-state index is 12.4. The molecule has 0 bridgehead atoms. The largest absolute Gasteiger partial charge is 0.349 e. The molecule has 1 atom stereocenters. The lowest BCUT2D eigenvalue weighted by molar-refractivity contribution is -0.127. The number of nitrogens with zero attached hydrogens (tertiary/aromatic N) is 1. The second-order valence-electron chi connectivity index (χ2n) is 6.33. The highest BCUT2D eigenvalue weighted by atomic mass is 32.2. The molecule has 0 saturated heterocycles. The molecule has 2 N–H and O–H groups in total. The Morgan fingerprint density at radius 2 is 1.85 bits per heavy atom. The van der Waals surface area contributed by atoms with E-state index < -0.39 is 6.04 Å². The van der Waals surface area contributed by atoms with Crippen LogP contribution in [0.25, 0.3) is 0 Å². The zero-order valence-corrected chi connectivity index (χ0v) is 16.2. The van der Waals surface area contributed by atoms with Gasteiger partial charge in [-0.2, -0.15) is 0 Å². The zero-order valence-electron chi connectivity index (χ0n) is 15.4. The third-order valence-electron chi connectivity index (χ3n) is 3.83. The topological polar surface area (TPSA) is 71.1 Å². The smallest absolute Gasteiger partial charge is 0.243 e. The van der Waals surface area contributed by atoms with Crippen molar-refractivity contribution in [2.75, 3.05) is 5.75 Å². The number of amides is 2. The quantitative estimate of drug-likeness (QED) is 0.700. The number of thioether (sulfide) groups is 1. The van der Waals surface area contributed by atoms with Crippen molar-refractivity contribution in [1.29, 1.82) is 0 Å². The van der Waals surface area contributed by atoms with Gasteiger partial charge in [0, 0.05) is 23.8 Å². The van der Waals surface area contributed by atoms with Crippen LogP contribution in [0.15, 0.2) is 53.6 Å². The van der Waals surface area contributed by atoms with Crippen LogP contribution in [0.3, 0.4) is 0 Å². The number of benzene rings is 1. The predicted molar refractivity (Wildman–Crippen MR) is 105 cm³/mol. The van der Waals surface area contributed by atoms with Crippen molar-refractivity contribution < 1.29 is 9.59 Å². The van der Waals surface area contributed by atoms with E-state index in [2.05, 4.69) is 53.7 Å². The van der Waals surface area contributed by atoms with E-state index in [1.54, 1.807) is 18.0 Å². The molecule has 0 radical (unpaired) electrons. The van der Waals surface area contributed by atoms with E-state index in [0.717, 1.165) is 10.6 Å². The maximum Gasteiger partial charge on any atom is 0.243 e. The normalized spacial score (nSPS) is 11.8. The average Bonchev–Trinajstić information content (AvgIpc) is 2.64. The van der Waals surface area contributed by atoms with Gasteiger partial charge in [-0.15, -0.1) is 11.8 Å². The van der Waals surface area contributed by atoms with Crippen LogP contribution in [0.1, 0.15) is 37.9 Å². The van der Waals surface area contributed by atoms with E-state index in [1.165, 1.54) is 12.5 Å². The van der Waals surface area contributed by atoms with E-state index in [0.29, 0.717) is 18.2 Å². The summed E-state index contributed by atoms with van der Waals surface area (Å²) in [6.45, 7) is 6.06. The number of carbonyl (C=O) groups excluding carboxylic acids is 2. The second kappa shape index (κ2) is 9.97. The summed E-state index contributed by atoms with van der Waals surface area (Å²) in [5, 5.41) is 5.56. The molecule has 0 spiro atoms. The summed E-state index contributed by atoms with van der Waals surface area (Å²) in [5.41, 5.74) is 2.06. The lowest BCUT2D eigenvalue weighted by Crippen LogP contribution is -2.47. The highest BCUT2D eigenvalue weighted by Gasteiger charge is 2.19. The molecule has 1 aromatic carbocycles. The van der Waals surface area contributed by atoms with Crippen LogP contribution in [0.2, 0.25) is 0 Å². The predicted octanol–water partition coefficient (Wildman–Crippen LogP) is 3.12. The molecule has 6 heteroatoms. The van der Waals surface area contributed by atoms with Gasteiger partial charge in [-0.3, -0.25) is 14.6 Å². The minimum Gasteiger partial charge on any atom is -0.349 e. The molecule has 0 aliphatic rings. The summed E-state index contributed by atoms with van der Waals surface area (Å²) in [6, 6.07) is 13.3. The van der Waals surface area contributed by atoms with Crippen molar-refractivity contribution in [2.24, 2.45) is 0 Å². The summed E-state index contributed by atoms with van der Waals surface area (Å²) in [7, 11) is 0. The number of hydrogen-bond donors (Lipinski definition) is 2. The fraction of sp³-hybridized carbons (Fsp3) is 0.350. The van der Waals surface area contributed by atoms with Crippen LogP contribution in [0.4, 0.5) is 0 Å². The van der Waals surface area contributed by atoms with Gasteiger partial charge in [-0.1, -0.05) is 32.0 Å². The van der Waals surface area contributed by atoms with E-state index in [9.17, 15) is 9.59 Å². The molecule has 1 unspecified atom stereocenters.